The standard InChI is InChI=1S/2C23H42O5/c2*1-3-4-5-6-7-8-9-10-11-12-13-14-15-16-17-18-23(26)27-20-22(19-24)28-21(2)25/h2*10-11,22,24H,3-9,12-20H2,1-2H3/t2*22-/m00/s1. The zero-order chi connectivity index (χ0) is 41.7. The maximum absolute atomic E-state index is 11.6. The molecule has 0 aromatic rings. The van der Waals surface area contributed by atoms with Crippen LogP contribution in [0.25, 0.3) is 0 Å². The molecule has 0 heterocycles. The molecule has 2 atom stereocenters. The van der Waals surface area contributed by atoms with Crippen LogP contribution in [0.15, 0.2) is 24.3 Å². The van der Waals surface area contributed by atoms with Gasteiger partial charge in [-0.05, 0) is 64.2 Å². The Labute approximate surface area is 341 Å². The first-order chi connectivity index (χ1) is 27.2. The van der Waals surface area contributed by atoms with Gasteiger partial charge in [0.15, 0.2) is 12.2 Å². The van der Waals surface area contributed by atoms with Crippen LogP contribution < -0.4 is 0 Å². The Morgan fingerprint density at radius 3 is 0.964 bits per heavy atom. The highest BCUT2D eigenvalue weighted by Gasteiger charge is 2.15. The summed E-state index contributed by atoms with van der Waals surface area (Å²) in [6, 6.07) is 0. The Bertz CT molecular complexity index is 888. The Balaban J connectivity index is 0. The lowest BCUT2D eigenvalue weighted by Gasteiger charge is -2.14. The molecule has 0 fully saturated rings. The van der Waals surface area contributed by atoms with E-state index in [1.807, 2.05) is 0 Å². The predicted octanol–water partition coefficient (Wildman–Crippen LogP) is 11.0. The molecule has 0 saturated heterocycles. The Morgan fingerprint density at radius 2 is 0.696 bits per heavy atom. The fraction of sp³-hybridized carbons (Fsp3) is 0.826. The molecule has 0 aliphatic carbocycles. The molecule has 0 radical (unpaired) electrons. The SMILES string of the molecule is CCCCCCCCC=CCCCCCCCC(=O)OC[C@H](CO)OC(C)=O.CCCCCCCCC=CCCCCCCCC(=O)OC[C@H](CO)OC(C)=O. The number of hydrogen-bond acceptors (Lipinski definition) is 10. The fourth-order valence-electron chi connectivity index (χ4n) is 5.91. The second kappa shape index (κ2) is 45.0. The lowest BCUT2D eigenvalue weighted by Crippen LogP contribution is -2.27. The quantitative estimate of drug-likeness (QED) is 0.0268. The van der Waals surface area contributed by atoms with E-state index in [-0.39, 0.29) is 38.4 Å². The summed E-state index contributed by atoms with van der Waals surface area (Å²) in [6.45, 7) is 6.16. The molecule has 0 unspecified atom stereocenters. The van der Waals surface area contributed by atoms with E-state index in [0.717, 1.165) is 51.4 Å². The Morgan fingerprint density at radius 1 is 0.429 bits per heavy atom. The van der Waals surface area contributed by atoms with Crippen LogP contribution in [0.2, 0.25) is 0 Å². The minimum Gasteiger partial charge on any atom is -0.462 e. The molecule has 10 heteroatoms. The molecule has 0 rings (SSSR count). The van der Waals surface area contributed by atoms with Crippen LogP contribution in [0.1, 0.15) is 207 Å². The maximum atomic E-state index is 11.6. The largest absolute Gasteiger partial charge is 0.462 e. The third-order valence-corrected chi connectivity index (χ3v) is 9.22. The molecule has 0 saturated carbocycles. The van der Waals surface area contributed by atoms with Crippen LogP contribution in [-0.4, -0.2) is 72.7 Å². The van der Waals surface area contributed by atoms with E-state index in [1.54, 1.807) is 0 Å². The maximum Gasteiger partial charge on any atom is 0.305 e. The van der Waals surface area contributed by atoms with Gasteiger partial charge in [-0.25, -0.2) is 0 Å². The van der Waals surface area contributed by atoms with E-state index in [1.165, 1.54) is 129 Å². The smallest absolute Gasteiger partial charge is 0.305 e. The van der Waals surface area contributed by atoms with Gasteiger partial charge >= 0.3 is 23.9 Å². The molecule has 0 spiro atoms. The molecule has 0 aromatic heterocycles. The molecule has 56 heavy (non-hydrogen) atoms. The van der Waals surface area contributed by atoms with Crippen molar-refractivity contribution in [2.75, 3.05) is 26.4 Å². The number of esters is 4. The number of hydrogen-bond donors (Lipinski definition) is 2. The van der Waals surface area contributed by atoms with Crippen LogP contribution in [-0.2, 0) is 38.1 Å². The van der Waals surface area contributed by atoms with Crippen molar-refractivity contribution in [1.29, 1.82) is 0 Å². The molecule has 0 amide bonds. The van der Waals surface area contributed by atoms with Crippen molar-refractivity contribution in [3.05, 3.63) is 24.3 Å². The summed E-state index contributed by atoms with van der Waals surface area (Å²) in [5, 5.41) is 18.1. The van der Waals surface area contributed by atoms with Crippen LogP contribution in [0.4, 0.5) is 0 Å². The van der Waals surface area contributed by atoms with Gasteiger partial charge < -0.3 is 29.2 Å². The molecule has 0 aliphatic heterocycles. The van der Waals surface area contributed by atoms with E-state index in [4.69, 9.17) is 29.2 Å². The molecular formula is C46H84O10. The number of carbonyl (C=O) groups excluding carboxylic acids is 4. The molecule has 0 aromatic carbocycles. The first kappa shape index (κ1) is 55.4. The number of aliphatic hydroxyl groups excluding tert-OH is 2. The van der Waals surface area contributed by atoms with Crippen LogP contribution >= 0.6 is 0 Å². The summed E-state index contributed by atoms with van der Waals surface area (Å²) in [5.74, 6) is -1.59. The average Bonchev–Trinajstić information content (AvgIpc) is 3.17. The van der Waals surface area contributed by atoms with E-state index >= 15 is 0 Å². The van der Waals surface area contributed by atoms with E-state index in [0.29, 0.717) is 12.8 Å². The van der Waals surface area contributed by atoms with Crippen molar-refractivity contribution >= 4 is 23.9 Å². The summed E-state index contributed by atoms with van der Waals surface area (Å²) in [6.07, 6.45) is 40.1. The first-order valence-electron chi connectivity index (χ1n) is 22.4. The number of ether oxygens (including phenoxy) is 4. The fourth-order valence-corrected chi connectivity index (χ4v) is 5.91. The number of carbonyl (C=O) groups is 4. The van der Waals surface area contributed by atoms with Crippen molar-refractivity contribution in [2.24, 2.45) is 0 Å². The third kappa shape index (κ3) is 45.7. The summed E-state index contributed by atoms with van der Waals surface area (Å²) in [4.78, 5) is 44.9. The Hall–Kier alpha value is -2.72. The van der Waals surface area contributed by atoms with Crippen LogP contribution in [0.3, 0.4) is 0 Å². The van der Waals surface area contributed by atoms with Gasteiger partial charge in [0.05, 0.1) is 13.2 Å². The topological polar surface area (TPSA) is 146 Å². The van der Waals surface area contributed by atoms with Crippen molar-refractivity contribution in [2.45, 2.75) is 220 Å². The monoisotopic (exact) mass is 797 g/mol. The van der Waals surface area contributed by atoms with Crippen LogP contribution in [0.5, 0.6) is 0 Å². The summed E-state index contributed by atoms with van der Waals surface area (Å²) >= 11 is 0. The average molecular weight is 797 g/mol. The highest BCUT2D eigenvalue weighted by molar-refractivity contribution is 5.70. The summed E-state index contributed by atoms with van der Waals surface area (Å²) in [5.41, 5.74) is 0. The number of rotatable bonds is 38. The van der Waals surface area contributed by atoms with E-state index in [9.17, 15) is 19.2 Å². The van der Waals surface area contributed by atoms with Crippen molar-refractivity contribution < 1.29 is 48.3 Å². The molecule has 10 nitrogen and oxygen atoms in total. The lowest BCUT2D eigenvalue weighted by atomic mass is 10.1. The van der Waals surface area contributed by atoms with Gasteiger partial charge in [0.25, 0.3) is 0 Å². The van der Waals surface area contributed by atoms with Crippen molar-refractivity contribution in [3.63, 3.8) is 0 Å². The van der Waals surface area contributed by atoms with Gasteiger partial charge in [0.1, 0.15) is 13.2 Å². The van der Waals surface area contributed by atoms with Crippen molar-refractivity contribution in [1.82, 2.24) is 0 Å². The van der Waals surface area contributed by atoms with Crippen LogP contribution in [0, 0.1) is 0 Å². The van der Waals surface area contributed by atoms with Gasteiger partial charge in [0.2, 0.25) is 0 Å². The van der Waals surface area contributed by atoms with Gasteiger partial charge in [-0.2, -0.15) is 0 Å². The highest BCUT2D eigenvalue weighted by Crippen LogP contribution is 2.12. The zero-order valence-electron chi connectivity index (χ0n) is 36.3. The molecule has 0 aliphatic rings. The van der Waals surface area contributed by atoms with Crippen molar-refractivity contribution in [3.8, 4) is 0 Å². The van der Waals surface area contributed by atoms with Gasteiger partial charge in [-0.15, -0.1) is 0 Å². The van der Waals surface area contributed by atoms with Gasteiger partial charge in [-0.3, -0.25) is 19.2 Å². The van der Waals surface area contributed by atoms with Gasteiger partial charge in [0, 0.05) is 26.7 Å². The third-order valence-electron chi connectivity index (χ3n) is 9.22. The predicted molar refractivity (Wildman–Crippen MR) is 226 cm³/mol. The molecular weight excluding hydrogens is 712 g/mol. The van der Waals surface area contributed by atoms with Gasteiger partial charge in [-0.1, -0.05) is 141 Å². The van der Waals surface area contributed by atoms with E-state index in [2.05, 4.69) is 38.2 Å². The summed E-state index contributed by atoms with van der Waals surface area (Å²) in [7, 11) is 0. The lowest BCUT2D eigenvalue weighted by molar-refractivity contribution is -0.159. The number of allylic oxidation sites excluding steroid dienone is 4. The number of aliphatic hydroxyl groups is 2. The highest BCUT2D eigenvalue weighted by atomic mass is 16.6. The minimum atomic E-state index is -0.768. The Kier molecular flexibility index (Phi) is 44.5. The minimum absolute atomic E-state index is 0.0833. The normalized spacial score (nSPS) is 12.2. The first-order valence-corrected chi connectivity index (χ1v) is 22.4. The second-order valence-corrected chi connectivity index (χ2v) is 14.9. The zero-order valence-corrected chi connectivity index (χ0v) is 36.3. The molecule has 0 bridgehead atoms. The summed E-state index contributed by atoms with van der Waals surface area (Å²) < 4.78 is 19.7. The molecule has 2 N–H and O–H groups in total. The molecule has 328 valence electrons. The number of unbranched alkanes of at least 4 members (excludes halogenated alkanes) is 22. The van der Waals surface area contributed by atoms with E-state index < -0.39 is 24.1 Å². The second-order valence-electron chi connectivity index (χ2n) is 14.9.